The SMILES string of the molecule is COc1ccc(C)cc1NC(=O)c1ccc2c(c1)C(=O)N(c1ccccc1C)C2=O. The second kappa shape index (κ2) is 7.48. The third-order valence-corrected chi connectivity index (χ3v) is 5.11. The van der Waals surface area contributed by atoms with E-state index in [0.717, 1.165) is 16.0 Å². The summed E-state index contributed by atoms with van der Waals surface area (Å²) < 4.78 is 5.30. The molecule has 0 radical (unpaired) electrons. The van der Waals surface area contributed by atoms with E-state index in [4.69, 9.17) is 4.74 Å². The second-order valence-corrected chi connectivity index (χ2v) is 7.15. The number of imide groups is 1. The minimum atomic E-state index is -0.438. The van der Waals surface area contributed by atoms with E-state index in [2.05, 4.69) is 5.32 Å². The summed E-state index contributed by atoms with van der Waals surface area (Å²) >= 11 is 0. The zero-order valence-corrected chi connectivity index (χ0v) is 16.9. The molecule has 0 unspecified atom stereocenters. The largest absolute Gasteiger partial charge is 0.495 e. The van der Waals surface area contributed by atoms with Crippen molar-refractivity contribution in [2.45, 2.75) is 13.8 Å². The minimum absolute atomic E-state index is 0.215. The Bertz CT molecular complexity index is 1200. The summed E-state index contributed by atoms with van der Waals surface area (Å²) in [6.07, 6.45) is 0. The summed E-state index contributed by atoms with van der Waals surface area (Å²) in [5, 5.41) is 2.81. The van der Waals surface area contributed by atoms with Gasteiger partial charge in [0.2, 0.25) is 0 Å². The van der Waals surface area contributed by atoms with Crippen LogP contribution in [0.15, 0.2) is 60.7 Å². The molecule has 0 saturated heterocycles. The van der Waals surface area contributed by atoms with E-state index in [0.29, 0.717) is 17.1 Å². The molecule has 1 heterocycles. The van der Waals surface area contributed by atoms with Crippen LogP contribution in [0.2, 0.25) is 0 Å². The van der Waals surface area contributed by atoms with Crippen molar-refractivity contribution in [2.75, 3.05) is 17.3 Å². The number of methoxy groups -OCH3 is 1. The number of aryl methyl sites for hydroxylation is 2. The molecule has 6 heteroatoms. The average Bonchev–Trinajstić information content (AvgIpc) is 2.98. The van der Waals surface area contributed by atoms with Gasteiger partial charge in [-0.3, -0.25) is 14.4 Å². The van der Waals surface area contributed by atoms with Crippen molar-refractivity contribution in [3.63, 3.8) is 0 Å². The number of benzene rings is 3. The van der Waals surface area contributed by atoms with Crippen molar-refractivity contribution in [1.82, 2.24) is 0 Å². The van der Waals surface area contributed by atoms with Crippen LogP contribution >= 0.6 is 0 Å². The third-order valence-electron chi connectivity index (χ3n) is 5.11. The normalized spacial score (nSPS) is 12.7. The Morgan fingerprint density at radius 1 is 0.900 bits per heavy atom. The number of para-hydroxylation sites is 1. The number of ether oxygens (including phenoxy) is 1. The lowest BCUT2D eigenvalue weighted by atomic mass is 10.1. The van der Waals surface area contributed by atoms with Gasteiger partial charge in [-0.25, -0.2) is 4.90 Å². The lowest BCUT2D eigenvalue weighted by Crippen LogP contribution is -2.29. The Labute approximate surface area is 174 Å². The van der Waals surface area contributed by atoms with E-state index in [1.165, 1.54) is 19.2 Å². The maximum absolute atomic E-state index is 13.0. The van der Waals surface area contributed by atoms with Gasteiger partial charge in [0, 0.05) is 5.56 Å². The predicted molar refractivity (Wildman–Crippen MR) is 114 cm³/mol. The molecule has 1 aliphatic heterocycles. The van der Waals surface area contributed by atoms with Crippen molar-refractivity contribution >= 4 is 29.1 Å². The highest BCUT2D eigenvalue weighted by Gasteiger charge is 2.37. The summed E-state index contributed by atoms with van der Waals surface area (Å²) in [6.45, 7) is 3.75. The first kappa shape index (κ1) is 19.4. The van der Waals surface area contributed by atoms with E-state index in [1.807, 2.05) is 32.0 Å². The van der Waals surface area contributed by atoms with Crippen molar-refractivity contribution in [3.8, 4) is 5.75 Å². The standard InChI is InChI=1S/C24H20N2O4/c1-14-8-11-21(30-3)19(12-14)25-22(27)16-9-10-17-18(13-16)24(29)26(23(17)28)20-7-5-4-6-15(20)2/h4-13H,1-3H3,(H,25,27). The van der Waals surface area contributed by atoms with Crippen LogP contribution in [-0.2, 0) is 0 Å². The van der Waals surface area contributed by atoms with Crippen LogP contribution in [0.4, 0.5) is 11.4 Å². The molecule has 6 nitrogen and oxygen atoms in total. The number of carbonyl (C=O) groups excluding carboxylic acids is 3. The molecule has 30 heavy (non-hydrogen) atoms. The van der Waals surface area contributed by atoms with Crippen LogP contribution in [0, 0.1) is 13.8 Å². The van der Waals surface area contributed by atoms with Gasteiger partial charge in [-0.05, 0) is 61.4 Å². The molecule has 1 N–H and O–H groups in total. The van der Waals surface area contributed by atoms with Gasteiger partial charge in [-0.15, -0.1) is 0 Å². The number of hydrogen-bond donors (Lipinski definition) is 1. The molecule has 3 amide bonds. The fourth-order valence-electron chi connectivity index (χ4n) is 3.53. The van der Waals surface area contributed by atoms with E-state index < -0.39 is 17.7 Å². The highest BCUT2D eigenvalue weighted by molar-refractivity contribution is 6.35. The van der Waals surface area contributed by atoms with Gasteiger partial charge in [0.25, 0.3) is 17.7 Å². The molecule has 0 aliphatic carbocycles. The van der Waals surface area contributed by atoms with Crippen molar-refractivity contribution in [3.05, 3.63) is 88.5 Å². The van der Waals surface area contributed by atoms with Crippen LogP contribution in [0.1, 0.15) is 42.2 Å². The van der Waals surface area contributed by atoms with Gasteiger partial charge in [-0.2, -0.15) is 0 Å². The van der Waals surface area contributed by atoms with Gasteiger partial charge in [0.15, 0.2) is 0 Å². The highest BCUT2D eigenvalue weighted by Crippen LogP contribution is 2.31. The van der Waals surface area contributed by atoms with Gasteiger partial charge < -0.3 is 10.1 Å². The van der Waals surface area contributed by atoms with Gasteiger partial charge in [-0.1, -0.05) is 24.3 Å². The topological polar surface area (TPSA) is 75.7 Å². The van der Waals surface area contributed by atoms with Crippen LogP contribution in [0.3, 0.4) is 0 Å². The Morgan fingerprint density at radius 3 is 2.37 bits per heavy atom. The molecule has 0 atom stereocenters. The molecule has 150 valence electrons. The Morgan fingerprint density at radius 2 is 1.63 bits per heavy atom. The molecular formula is C24H20N2O4. The maximum atomic E-state index is 13.0. The first-order valence-corrected chi connectivity index (χ1v) is 9.45. The molecule has 0 bridgehead atoms. The number of nitrogens with one attached hydrogen (secondary N) is 1. The minimum Gasteiger partial charge on any atom is -0.495 e. The maximum Gasteiger partial charge on any atom is 0.266 e. The number of anilines is 2. The molecular weight excluding hydrogens is 380 g/mol. The Kier molecular flexibility index (Phi) is 4.83. The van der Waals surface area contributed by atoms with E-state index >= 15 is 0 Å². The van der Waals surface area contributed by atoms with Crippen LogP contribution in [0.25, 0.3) is 0 Å². The lowest BCUT2D eigenvalue weighted by Gasteiger charge is -2.16. The molecule has 0 spiro atoms. The summed E-state index contributed by atoms with van der Waals surface area (Å²) in [7, 11) is 1.53. The molecule has 1 aliphatic rings. The molecule has 0 saturated carbocycles. The van der Waals surface area contributed by atoms with E-state index in [9.17, 15) is 14.4 Å². The fraction of sp³-hybridized carbons (Fsp3) is 0.125. The summed E-state index contributed by atoms with van der Waals surface area (Å²) in [5.41, 5.74) is 3.64. The Hall–Kier alpha value is -3.93. The van der Waals surface area contributed by atoms with Crippen LogP contribution in [0.5, 0.6) is 5.75 Å². The zero-order valence-electron chi connectivity index (χ0n) is 16.9. The monoisotopic (exact) mass is 400 g/mol. The van der Waals surface area contributed by atoms with Gasteiger partial charge >= 0.3 is 0 Å². The molecule has 0 fully saturated rings. The van der Waals surface area contributed by atoms with Crippen LogP contribution in [-0.4, -0.2) is 24.8 Å². The first-order chi connectivity index (χ1) is 14.4. The number of hydrogen-bond acceptors (Lipinski definition) is 4. The molecule has 4 rings (SSSR count). The average molecular weight is 400 g/mol. The van der Waals surface area contributed by atoms with Crippen molar-refractivity contribution in [1.29, 1.82) is 0 Å². The number of carbonyl (C=O) groups is 3. The predicted octanol–water partition coefficient (Wildman–Crippen LogP) is 4.36. The van der Waals surface area contributed by atoms with Crippen molar-refractivity contribution < 1.29 is 19.1 Å². The van der Waals surface area contributed by atoms with Crippen molar-refractivity contribution in [2.24, 2.45) is 0 Å². The van der Waals surface area contributed by atoms with Crippen LogP contribution < -0.4 is 15.0 Å². The smallest absolute Gasteiger partial charge is 0.266 e. The zero-order chi connectivity index (χ0) is 21.4. The second-order valence-electron chi connectivity index (χ2n) is 7.15. The quantitative estimate of drug-likeness (QED) is 0.660. The number of rotatable bonds is 4. The summed E-state index contributed by atoms with van der Waals surface area (Å²) in [6, 6.07) is 17.2. The lowest BCUT2D eigenvalue weighted by molar-refractivity contribution is 0.0925. The summed E-state index contributed by atoms with van der Waals surface area (Å²) in [4.78, 5) is 39.8. The fourth-order valence-corrected chi connectivity index (χ4v) is 3.53. The Balaban J connectivity index is 1.66. The molecule has 3 aromatic rings. The first-order valence-electron chi connectivity index (χ1n) is 9.45. The van der Waals surface area contributed by atoms with E-state index in [-0.39, 0.29) is 16.7 Å². The molecule has 0 aromatic heterocycles. The number of fused-ring (bicyclic) bond motifs is 1. The highest BCUT2D eigenvalue weighted by atomic mass is 16.5. The summed E-state index contributed by atoms with van der Waals surface area (Å²) in [5.74, 6) is -0.688. The number of nitrogens with zero attached hydrogens (tertiary/aromatic N) is 1. The molecule has 3 aromatic carbocycles. The van der Waals surface area contributed by atoms with Gasteiger partial charge in [0.1, 0.15) is 5.75 Å². The van der Waals surface area contributed by atoms with E-state index in [1.54, 1.807) is 30.3 Å². The van der Waals surface area contributed by atoms with Gasteiger partial charge in [0.05, 0.1) is 29.6 Å². The third kappa shape index (κ3) is 3.22. The number of amides is 3.